The average molecular weight is 586 g/mol. The molecular formula is C37H63NO2S. The lowest BCUT2D eigenvalue weighted by atomic mass is 9.59. The lowest BCUT2D eigenvalue weighted by molar-refractivity contribution is -0.0132. The topological polar surface area (TPSA) is 41.5 Å². The number of aliphatic hydroxyl groups is 1. The van der Waals surface area contributed by atoms with E-state index < -0.39 is 0 Å². The Hall–Kier alpha value is -0.970. The van der Waals surface area contributed by atoms with Crippen molar-refractivity contribution in [3.63, 3.8) is 0 Å². The molecule has 0 saturated heterocycles. The molecule has 0 bridgehead atoms. The van der Waals surface area contributed by atoms with Crippen molar-refractivity contribution in [3.8, 4) is 0 Å². The molecule has 234 valence electrons. The van der Waals surface area contributed by atoms with Crippen LogP contribution in [-0.4, -0.2) is 24.4 Å². The zero-order chi connectivity index (χ0) is 30.0. The third kappa shape index (κ3) is 9.02. The summed E-state index contributed by atoms with van der Waals surface area (Å²) in [6, 6.07) is 8.86. The van der Waals surface area contributed by atoms with Gasteiger partial charge < -0.3 is 9.84 Å². The van der Waals surface area contributed by atoms with Crippen LogP contribution in [0.3, 0.4) is 0 Å². The van der Waals surface area contributed by atoms with Gasteiger partial charge in [-0.3, -0.25) is 4.72 Å². The number of hydrogen-bond acceptors (Lipinski definition) is 4. The van der Waals surface area contributed by atoms with Crippen molar-refractivity contribution in [1.29, 1.82) is 0 Å². The van der Waals surface area contributed by atoms with Gasteiger partial charge in [0.2, 0.25) is 0 Å². The number of allylic oxidation sites excluding steroid dienone is 1. The highest BCUT2D eigenvalue weighted by Crippen LogP contribution is 2.56. The Morgan fingerprint density at radius 2 is 1.78 bits per heavy atom. The fraction of sp³-hybridized carbons (Fsp3) is 0.784. The highest BCUT2D eigenvalue weighted by atomic mass is 32.2. The first kappa shape index (κ1) is 34.5. The monoisotopic (exact) mass is 585 g/mol. The molecule has 0 amide bonds. The van der Waals surface area contributed by atoms with Crippen LogP contribution in [0.25, 0.3) is 5.76 Å². The second-order valence-corrected chi connectivity index (χ2v) is 15.3. The normalized spacial score (nSPS) is 29.8. The fourth-order valence-electron chi connectivity index (χ4n) is 8.65. The molecule has 0 aromatic heterocycles. The average Bonchev–Trinajstić information content (AvgIpc) is 3.27. The lowest BCUT2D eigenvalue weighted by Gasteiger charge is -2.47. The van der Waals surface area contributed by atoms with E-state index >= 15 is 0 Å². The molecule has 0 spiro atoms. The van der Waals surface area contributed by atoms with E-state index in [1.54, 1.807) is 11.9 Å². The van der Waals surface area contributed by atoms with Crippen LogP contribution in [0.4, 0.5) is 0 Å². The first-order chi connectivity index (χ1) is 19.6. The van der Waals surface area contributed by atoms with Gasteiger partial charge >= 0.3 is 0 Å². The zero-order valence-electron chi connectivity index (χ0n) is 27.8. The predicted octanol–water partition coefficient (Wildman–Crippen LogP) is 10.5. The number of benzene rings is 1. The molecule has 0 aliphatic heterocycles. The van der Waals surface area contributed by atoms with E-state index in [2.05, 4.69) is 90.5 Å². The minimum Gasteiger partial charge on any atom is -0.493 e. The lowest BCUT2D eigenvalue weighted by Crippen LogP contribution is -2.40. The van der Waals surface area contributed by atoms with Crippen LogP contribution < -0.4 is 4.72 Å². The Morgan fingerprint density at radius 1 is 1.05 bits per heavy atom. The number of nitrogens with one attached hydrogen (secondary N) is 1. The highest BCUT2D eigenvalue weighted by molar-refractivity contribution is 7.97. The molecule has 3 rings (SSSR count). The van der Waals surface area contributed by atoms with Crippen molar-refractivity contribution in [2.75, 3.05) is 13.2 Å². The second kappa shape index (κ2) is 16.2. The van der Waals surface area contributed by atoms with E-state index in [0.717, 1.165) is 74.7 Å². The minimum absolute atomic E-state index is 0.0948. The standard InChI is InChI=1S/C37H63NO2S/c1-9-13-35(40-23-11-3)29-14-17-32(18-15-29)41-38-26-30-16-19-33(37(30,8)21-10-2)27(5)24-28(12-4)34-25-31(39)20-22-36(34,6)7/h13-15,17-18,27-28,30-31,33-34,38-39H,9-12,16,19-26H2,1-8H3/b35-13+/t27?,28-,30?,31+,33?,34?,37?/m0/s1. The van der Waals surface area contributed by atoms with Gasteiger partial charge in [-0.25, -0.2) is 0 Å². The van der Waals surface area contributed by atoms with Gasteiger partial charge in [0.05, 0.1) is 12.7 Å². The first-order valence-corrected chi connectivity index (χ1v) is 17.9. The molecule has 41 heavy (non-hydrogen) atoms. The van der Waals surface area contributed by atoms with Gasteiger partial charge in [-0.15, -0.1) is 0 Å². The summed E-state index contributed by atoms with van der Waals surface area (Å²) >= 11 is 1.79. The molecule has 7 atom stereocenters. The number of aliphatic hydroxyl groups excluding tert-OH is 1. The minimum atomic E-state index is -0.0948. The van der Waals surface area contributed by atoms with Crippen LogP contribution in [-0.2, 0) is 4.74 Å². The molecule has 3 nitrogen and oxygen atoms in total. The number of ether oxygens (including phenoxy) is 1. The maximum absolute atomic E-state index is 10.5. The quantitative estimate of drug-likeness (QED) is 0.150. The Balaban J connectivity index is 1.60. The highest BCUT2D eigenvalue weighted by Gasteiger charge is 2.48. The van der Waals surface area contributed by atoms with Gasteiger partial charge in [-0.1, -0.05) is 80.4 Å². The largest absolute Gasteiger partial charge is 0.493 e. The summed E-state index contributed by atoms with van der Waals surface area (Å²) in [6.07, 6.45) is 15.1. The van der Waals surface area contributed by atoms with Crippen LogP contribution in [0.1, 0.15) is 132 Å². The van der Waals surface area contributed by atoms with E-state index in [9.17, 15) is 5.11 Å². The molecule has 1 aromatic carbocycles. The molecule has 2 N–H and O–H groups in total. The molecule has 0 radical (unpaired) electrons. The predicted molar refractivity (Wildman–Crippen MR) is 179 cm³/mol. The molecule has 2 aliphatic rings. The van der Waals surface area contributed by atoms with Gasteiger partial charge in [0.25, 0.3) is 0 Å². The van der Waals surface area contributed by atoms with Gasteiger partial charge in [0, 0.05) is 17.0 Å². The van der Waals surface area contributed by atoms with Gasteiger partial charge in [-0.05, 0) is 128 Å². The summed E-state index contributed by atoms with van der Waals surface area (Å²) < 4.78 is 9.78. The van der Waals surface area contributed by atoms with Gasteiger partial charge in [0.15, 0.2) is 0 Å². The Bertz CT molecular complexity index is 927. The summed E-state index contributed by atoms with van der Waals surface area (Å²) in [6.45, 7) is 21.0. The maximum atomic E-state index is 10.5. The molecule has 4 heteroatoms. The third-order valence-corrected chi connectivity index (χ3v) is 11.8. The van der Waals surface area contributed by atoms with Crippen LogP contribution >= 0.6 is 11.9 Å². The molecular weight excluding hydrogens is 522 g/mol. The van der Waals surface area contributed by atoms with Crippen LogP contribution in [0, 0.1) is 40.4 Å². The fourth-order valence-corrected chi connectivity index (χ4v) is 9.38. The van der Waals surface area contributed by atoms with E-state index in [1.807, 2.05) is 0 Å². The maximum Gasteiger partial charge on any atom is 0.122 e. The van der Waals surface area contributed by atoms with E-state index in [-0.39, 0.29) is 6.10 Å². The van der Waals surface area contributed by atoms with Crippen LogP contribution in [0.2, 0.25) is 0 Å². The summed E-state index contributed by atoms with van der Waals surface area (Å²) in [4.78, 5) is 1.27. The summed E-state index contributed by atoms with van der Waals surface area (Å²) in [5.74, 6) is 4.61. The Labute approximate surface area is 258 Å². The van der Waals surface area contributed by atoms with E-state index in [1.165, 1.54) is 49.0 Å². The Kier molecular flexibility index (Phi) is 13.6. The summed E-state index contributed by atoms with van der Waals surface area (Å²) in [5, 5.41) is 10.5. The molecule has 2 fully saturated rings. The third-order valence-electron chi connectivity index (χ3n) is 11.0. The smallest absolute Gasteiger partial charge is 0.122 e. The van der Waals surface area contributed by atoms with Crippen molar-refractivity contribution < 1.29 is 9.84 Å². The summed E-state index contributed by atoms with van der Waals surface area (Å²) in [5.41, 5.74) is 1.91. The molecule has 1 aromatic rings. The molecule has 2 aliphatic carbocycles. The van der Waals surface area contributed by atoms with Gasteiger partial charge in [0.1, 0.15) is 5.76 Å². The van der Waals surface area contributed by atoms with Crippen molar-refractivity contribution in [2.45, 2.75) is 137 Å². The van der Waals surface area contributed by atoms with Crippen molar-refractivity contribution in [1.82, 2.24) is 4.72 Å². The molecule has 5 unspecified atom stereocenters. The van der Waals surface area contributed by atoms with Gasteiger partial charge in [-0.2, -0.15) is 0 Å². The molecule has 2 saturated carbocycles. The van der Waals surface area contributed by atoms with E-state index in [4.69, 9.17) is 4.74 Å². The Morgan fingerprint density at radius 3 is 2.41 bits per heavy atom. The number of hydrogen-bond donors (Lipinski definition) is 2. The first-order valence-electron chi connectivity index (χ1n) is 17.1. The van der Waals surface area contributed by atoms with E-state index in [0.29, 0.717) is 16.7 Å². The second-order valence-electron chi connectivity index (χ2n) is 14.3. The van der Waals surface area contributed by atoms with Crippen molar-refractivity contribution in [2.24, 2.45) is 40.4 Å². The van der Waals surface area contributed by atoms with Crippen molar-refractivity contribution >= 4 is 17.7 Å². The summed E-state index contributed by atoms with van der Waals surface area (Å²) in [7, 11) is 0. The zero-order valence-corrected chi connectivity index (χ0v) is 28.6. The molecule has 0 heterocycles. The number of rotatable bonds is 16. The van der Waals surface area contributed by atoms with Crippen molar-refractivity contribution in [3.05, 3.63) is 35.9 Å². The van der Waals surface area contributed by atoms with Crippen LogP contribution in [0.15, 0.2) is 35.2 Å². The van der Waals surface area contributed by atoms with Crippen LogP contribution in [0.5, 0.6) is 0 Å². The SMILES string of the molecule is CC/C=C(/OCCC)c1ccc(SNCC2CCC(C(C)C[C@H](CC)C3C[C@H](O)CCC3(C)C)C2(C)CCC)cc1.